The SMILES string of the molecule is COCC(C)(CCO)NC(=O)c1cc(C2CC2)nc2ccccc12. The Balaban J connectivity index is 1.96. The van der Waals surface area contributed by atoms with Crippen LogP contribution in [-0.2, 0) is 4.74 Å². The highest BCUT2D eigenvalue weighted by atomic mass is 16.5. The van der Waals surface area contributed by atoms with Crippen molar-refractivity contribution in [3.05, 3.63) is 41.6 Å². The van der Waals surface area contributed by atoms with Gasteiger partial charge in [0.2, 0.25) is 0 Å². The van der Waals surface area contributed by atoms with Crippen LogP contribution in [0.1, 0.15) is 48.2 Å². The molecule has 2 aromatic rings. The average molecular weight is 328 g/mol. The predicted octanol–water partition coefficient (Wildman–Crippen LogP) is 2.63. The number of amides is 1. The molecule has 0 radical (unpaired) electrons. The van der Waals surface area contributed by atoms with Crippen LogP contribution >= 0.6 is 0 Å². The molecule has 128 valence electrons. The number of pyridine rings is 1. The number of nitrogens with zero attached hydrogens (tertiary/aromatic N) is 1. The standard InChI is InChI=1S/C19H24N2O3/c1-19(9-10-22,12-24-2)21-18(23)15-11-17(13-7-8-13)20-16-6-4-3-5-14(15)16/h3-6,11,13,22H,7-10,12H2,1-2H3,(H,21,23). The Morgan fingerprint density at radius 1 is 1.42 bits per heavy atom. The molecule has 24 heavy (non-hydrogen) atoms. The van der Waals surface area contributed by atoms with E-state index in [9.17, 15) is 9.90 Å². The summed E-state index contributed by atoms with van der Waals surface area (Å²) in [5, 5.41) is 13.2. The van der Waals surface area contributed by atoms with Gasteiger partial charge in [-0.2, -0.15) is 0 Å². The normalized spacial score (nSPS) is 16.8. The molecule has 5 nitrogen and oxygen atoms in total. The van der Waals surface area contributed by atoms with E-state index in [2.05, 4.69) is 5.32 Å². The number of benzene rings is 1. The fraction of sp³-hybridized carbons (Fsp3) is 0.474. The number of methoxy groups -OCH3 is 1. The van der Waals surface area contributed by atoms with Crippen LogP contribution in [0.2, 0.25) is 0 Å². The Hall–Kier alpha value is -1.98. The molecule has 3 rings (SSSR count). The lowest BCUT2D eigenvalue weighted by Crippen LogP contribution is -2.50. The summed E-state index contributed by atoms with van der Waals surface area (Å²) in [4.78, 5) is 17.6. The third-order valence-corrected chi connectivity index (χ3v) is 4.52. The van der Waals surface area contributed by atoms with E-state index >= 15 is 0 Å². The van der Waals surface area contributed by atoms with Gasteiger partial charge in [0.1, 0.15) is 0 Å². The number of carbonyl (C=O) groups is 1. The van der Waals surface area contributed by atoms with E-state index in [1.807, 2.05) is 37.3 Å². The molecule has 1 aromatic carbocycles. The molecule has 1 amide bonds. The van der Waals surface area contributed by atoms with Crippen molar-refractivity contribution in [1.82, 2.24) is 10.3 Å². The number of para-hydroxylation sites is 1. The highest BCUT2D eigenvalue weighted by Crippen LogP contribution is 2.40. The molecule has 1 heterocycles. The van der Waals surface area contributed by atoms with Crippen molar-refractivity contribution in [3.63, 3.8) is 0 Å². The fourth-order valence-electron chi connectivity index (χ4n) is 3.05. The van der Waals surface area contributed by atoms with Crippen molar-refractivity contribution in [2.75, 3.05) is 20.3 Å². The van der Waals surface area contributed by atoms with E-state index in [-0.39, 0.29) is 12.5 Å². The zero-order valence-electron chi connectivity index (χ0n) is 14.2. The maximum absolute atomic E-state index is 12.9. The molecule has 0 bridgehead atoms. The van der Waals surface area contributed by atoms with Crippen molar-refractivity contribution in [3.8, 4) is 0 Å². The molecule has 1 aromatic heterocycles. The Labute approximate surface area is 142 Å². The smallest absolute Gasteiger partial charge is 0.252 e. The molecule has 1 aliphatic carbocycles. The van der Waals surface area contributed by atoms with Crippen molar-refractivity contribution >= 4 is 16.8 Å². The number of hydrogen-bond acceptors (Lipinski definition) is 4. The summed E-state index contributed by atoms with van der Waals surface area (Å²) in [7, 11) is 1.59. The molecular formula is C19H24N2O3. The Bertz CT molecular complexity index is 734. The first-order valence-corrected chi connectivity index (χ1v) is 8.38. The third kappa shape index (κ3) is 3.57. The van der Waals surface area contributed by atoms with Gasteiger partial charge in [-0.25, -0.2) is 0 Å². The number of carbonyl (C=O) groups excluding carboxylic acids is 1. The fourth-order valence-corrected chi connectivity index (χ4v) is 3.05. The molecule has 0 spiro atoms. The van der Waals surface area contributed by atoms with Crippen molar-refractivity contribution in [2.24, 2.45) is 0 Å². The number of hydrogen-bond donors (Lipinski definition) is 2. The van der Waals surface area contributed by atoms with Gasteiger partial charge >= 0.3 is 0 Å². The molecular weight excluding hydrogens is 304 g/mol. The molecule has 1 saturated carbocycles. The lowest BCUT2D eigenvalue weighted by Gasteiger charge is -2.29. The minimum Gasteiger partial charge on any atom is -0.396 e. The predicted molar refractivity (Wildman–Crippen MR) is 93.2 cm³/mol. The van der Waals surface area contributed by atoms with E-state index < -0.39 is 5.54 Å². The largest absolute Gasteiger partial charge is 0.396 e. The molecule has 0 aliphatic heterocycles. The van der Waals surface area contributed by atoms with Crippen LogP contribution in [0, 0.1) is 0 Å². The molecule has 1 fully saturated rings. The first kappa shape index (κ1) is 16.9. The van der Waals surface area contributed by atoms with Crippen LogP contribution in [0.25, 0.3) is 10.9 Å². The summed E-state index contributed by atoms with van der Waals surface area (Å²) in [6.07, 6.45) is 2.71. The van der Waals surface area contributed by atoms with E-state index in [4.69, 9.17) is 9.72 Å². The Morgan fingerprint density at radius 3 is 2.83 bits per heavy atom. The number of ether oxygens (including phenoxy) is 1. The molecule has 1 aliphatic rings. The summed E-state index contributed by atoms with van der Waals surface area (Å²) in [5.41, 5.74) is 1.88. The summed E-state index contributed by atoms with van der Waals surface area (Å²) >= 11 is 0. The van der Waals surface area contributed by atoms with Crippen LogP contribution < -0.4 is 5.32 Å². The molecule has 1 atom stereocenters. The summed E-state index contributed by atoms with van der Waals surface area (Å²) in [6.45, 7) is 2.22. The van der Waals surface area contributed by atoms with Gasteiger partial charge < -0.3 is 15.2 Å². The van der Waals surface area contributed by atoms with Gasteiger partial charge in [0.25, 0.3) is 5.91 Å². The highest BCUT2D eigenvalue weighted by molar-refractivity contribution is 6.06. The average Bonchev–Trinajstić information content (AvgIpc) is 3.39. The maximum Gasteiger partial charge on any atom is 0.252 e. The van der Waals surface area contributed by atoms with Gasteiger partial charge in [-0.3, -0.25) is 9.78 Å². The van der Waals surface area contributed by atoms with Crippen molar-refractivity contribution in [2.45, 2.75) is 37.6 Å². The molecule has 5 heteroatoms. The monoisotopic (exact) mass is 328 g/mol. The second-order valence-electron chi connectivity index (χ2n) is 6.81. The number of aliphatic hydroxyl groups excluding tert-OH is 1. The number of rotatable bonds is 7. The van der Waals surface area contributed by atoms with Crippen LogP contribution in [0.15, 0.2) is 30.3 Å². The first-order chi connectivity index (χ1) is 11.6. The number of aliphatic hydroxyl groups is 1. The zero-order valence-corrected chi connectivity index (χ0v) is 14.2. The molecule has 1 unspecified atom stereocenters. The van der Waals surface area contributed by atoms with Gasteiger partial charge in [-0.1, -0.05) is 18.2 Å². The minimum atomic E-state index is -0.606. The minimum absolute atomic E-state index is 0.00937. The summed E-state index contributed by atoms with van der Waals surface area (Å²) in [5.74, 6) is 0.326. The van der Waals surface area contributed by atoms with E-state index in [0.29, 0.717) is 24.5 Å². The van der Waals surface area contributed by atoms with Crippen LogP contribution in [0.4, 0.5) is 0 Å². The van der Waals surface area contributed by atoms with E-state index in [1.54, 1.807) is 7.11 Å². The van der Waals surface area contributed by atoms with Crippen LogP contribution in [0.5, 0.6) is 0 Å². The van der Waals surface area contributed by atoms with Crippen molar-refractivity contribution in [1.29, 1.82) is 0 Å². The lowest BCUT2D eigenvalue weighted by atomic mass is 9.97. The van der Waals surface area contributed by atoms with Crippen LogP contribution in [-0.4, -0.2) is 41.9 Å². The van der Waals surface area contributed by atoms with E-state index in [1.165, 1.54) is 0 Å². The number of nitrogens with one attached hydrogen (secondary N) is 1. The van der Waals surface area contributed by atoms with Gasteiger partial charge in [-0.15, -0.1) is 0 Å². The summed E-state index contributed by atoms with van der Waals surface area (Å²) in [6, 6.07) is 9.64. The third-order valence-electron chi connectivity index (χ3n) is 4.52. The second kappa shape index (κ2) is 6.87. The highest BCUT2D eigenvalue weighted by Gasteiger charge is 2.30. The Morgan fingerprint density at radius 2 is 2.17 bits per heavy atom. The summed E-state index contributed by atoms with van der Waals surface area (Å²) < 4.78 is 5.22. The van der Waals surface area contributed by atoms with Gasteiger partial charge in [0, 0.05) is 30.7 Å². The van der Waals surface area contributed by atoms with Gasteiger partial charge in [-0.05, 0) is 38.3 Å². The van der Waals surface area contributed by atoms with Crippen LogP contribution in [0.3, 0.4) is 0 Å². The second-order valence-corrected chi connectivity index (χ2v) is 6.81. The van der Waals surface area contributed by atoms with Crippen molar-refractivity contribution < 1.29 is 14.6 Å². The molecule has 0 saturated heterocycles. The lowest BCUT2D eigenvalue weighted by molar-refractivity contribution is 0.0727. The number of fused-ring (bicyclic) bond motifs is 1. The first-order valence-electron chi connectivity index (χ1n) is 8.38. The maximum atomic E-state index is 12.9. The zero-order chi connectivity index (χ0) is 17.2. The van der Waals surface area contributed by atoms with Gasteiger partial charge in [0.15, 0.2) is 0 Å². The Kier molecular flexibility index (Phi) is 4.83. The number of aromatic nitrogens is 1. The van der Waals surface area contributed by atoms with Gasteiger partial charge in [0.05, 0.1) is 23.2 Å². The van der Waals surface area contributed by atoms with E-state index in [0.717, 1.165) is 29.4 Å². The molecule has 2 N–H and O–H groups in total. The topological polar surface area (TPSA) is 71.5 Å². The quantitative estimate of drug-likeness (QED) is 0.819.